The quantitative estimate of drug-likeness (QED) is 0.826. The fourth-order valence-corrected chi connectivity index (χ4v) is 3.53. The van der Waals surface area contributed by atoms with E-state index in [4.69, 9.17) is 0 Å². The van der Waals surface area contributed by atoms with Crippen LogP contribution in [-0.2, 0) is 16.4 Å². The summed E-state index contributed by atoms with van der Waals surface area (Å²) in [6, 6.07) is 9.37. The molecule has 25 heavy (non-hydrogen) atoms. The zero-order chi connectivity index (χ0) is 18.6. The van der Waals surface area contributed by atoms with E-state index in [2.05, 4.69) is 10.0 Å². The first-order chi connectivity index (χ1) is 11.8. The predicted molar refractivity (Wildman–Crippen MR) is 94.6 cm³/mol. The third-order valence-electron chi connectivity index (χ3n) is 4.08. The molecule has 0 aromatic heterocycles. The van der Waals surface area contributed by atoms with Crippen molar-refractivity contribution in [3.63, 3.8) is 0 Å². The molecule has 1 amide bonds. The Hall–Kier alpha value is -2.25. The van der Waals surface area contributed by atoms with Crippen LogP contribution in [0.4, 0.5) is 4.39 Å². The van der Waals surface area contributed by atoms with Gasteiger partial charge in [-0.1, -0.05) is 18.2 Å². The van der Waals surface area contributed by atoms with Gasteiger partial charge in [-0.05, 0) is 62.2 Å². The van der Waals surface area contributed by atoms with Crippen LogP contribution in [0.15, 0.2) is 41.3 Å². The number of rotatable bonds is 6. The van der Waals surface area contributed by atoms with E-state index < -0.39 is 15.9 Å². The molecule has 2 rings (SSSR count). The van der Waals surface area contributed by atoms with Gasteiger partial charge in [-0.15, -0.1) is 0 Å². The van der Waals surface area contributed by atoms with Gasteiger partial charge < -0.3 is 5.32 Å². The molecule has 0 atom stereocenters. The first kappa shape index (κ1) is 19.1. The number of benzene rings is 2. The number of hydrogen-bond acceptors (Lipinski definition) is 3. The normalized spacial score (nSPS) is 11.4. The lowest BCUT2D eigenvalue weighted by Crippen LogP contribution is -2.27. The van der Waals surface area contributed by atoms with Gasteiger partial charge in [0.2, 0.25) is 10.0 Å². The van der Waals surface area contributed by atoms with E-state index in [0.717, 1.165) is 0 Å². The first-order valence-electron chi connectivity index (χ1n) is 7.82. The maximum absolute atomic E-state index is 13.6. The lowest BCUT2D eigenvalue weighted by Gasteiger charge is -2.12. The molecule has 0 fully saturated rings. The molecule has 5 nitrogen and oxygen atoms in total. The van der Waals surface area contributed by atoms with Crippen molar-refractivity contribution in [2.75, 3.05) is 13.6 Å². The maximum Gasteiger partial charge on any atom is 0.251 e. The van der Waals surface area contributed by atoms with Crippen molar-refractivity contribution < 1.29 is 17.6 Å². The topological polar surface area (TPSA) is 75.3 Å². The molecule has 0 unspecified atom stereocenters. The Morgan fingerprint density at radius 2 is 1.84 bits per heavy atom. The van der Waals surface area contributed by atoms with Gasteiger partial charge in [0.05, 0.1) is 4.90 Å². The number of carbonyl (C=O) groups is 1. The summed E-state index contributed by atoms with van der Waals surface area (Å²) in [6.07, 6.45) is 0.352. The SMILES string of the molecule is CNS(=O)(=O)c1cc(C(=O)NCCc2ccccc2F)cc(C)c1C. The van der Waals surface area contributed by atoms with Crippen LogP contribution in [0, 0.1) is 19.7 Å². The molecule has 0 radical (unpaired) electrons. The van der Waals surface area contributed by atoms with Gasteiger partial charge in [-0.25, -0.2) is 17.5 Å². The van der Waals surface area contributed by atoms with Gasteiger partial charge >= 0.3 is 0 Å². The van der Waals surface area contributed by atoms with Crippen LogP contribution in [0.1, 0.15) is 27.0 Å². The van der Waals surface area contributed by atoms with Crippen molar-refractivity contribution in [3.05, 3.63) is 64.5 Å². The second-order valence-electron chi connectivity index (χ2n) is 5.72. The summed E-state index contributed by atoms with van der Waals surface area (Å²) < 4.78 is 40.0. The summed E-state index contributed by atoms with van der Waals surface area (Å²) in [5, 5.41) is 2.70. The van der Waals surface area contributed by atoms with Gasteiger partial charge in [0, 0.05) is 12.1 Å². The van der Waals surface area contributed by atoms with E-state index in [0.29, 0.717) is 23.1 Å². The summed E-state index contributed by atoms with van der Waals surface area (Å²) in [5.41, 5.74) is 2.07. The molecular weight excluding hydrogens is 343 g/mol. The Morgan fingerprint density at radius 1 is 1.16 bits per heavy atom. The fraction of sp³-hybridized carbons (Fsp3) is 0.278. The molecule has 2 N–H and O–H groups in total. The summed E-state index contributed by atoms with van der Waals surface area (Å²) in [5.74, 6) is -0.711. The van der Waals surface area contributed by atoms with Crippen LogP contribution in [0.5, 0.6) is 0 Å². The number of amides is 1. The zero-order valence-electron chi connectivity index (χ0n) is 14.4. The van der Waals surface area contributed by atoms with Crippen LogP contribution < -0.4 is 10.0 Å². The number of aryl methyl sites for hydroxylation is 1. The zero-order valence-corrected chi connectivity index (χ0v) is 15.2. The number of sulfonamides is 1. The van der Waals surface area contributed by atoms with Crippen molar-refractivity contribution >= 4 is 15.9 Å². The Balaban J connectivity index is 2.16. The van der Waals surface area contributed by atoms with Crippen LogP contribution in [-0.4, -0.2) is 27.9 Å². The lowest BCUT2D eigenvalue weighted by molar-refractivity contribution is 0.0953. The third kappa shape index (κ3) is 4.43. The van der Waals surface area contributed by atoms with Crippen LogP contribution in [0.2, 0.25) is 0 Å². The second-order valence-corrected chi connectivity index (χ2v) is 7.58. The summed E-state index contributed by atoms with van der Waals surface area (Å²) in [6.45, 7) is 3.69. The average Bonchev–Trinajstić information content (AvgIpc) is 2.58. The van der Waals surface area contributed by atoms with Gasteiger partial charge in [0.15, 0.2) is 0 Å². The molecule has 7 heteroatoms. The lowest BCUT2D eigenvalue weighted by atomic mass is 10.1. The maximum atomic E-state index is 13.6. The molecule has 2 aromatic rings. The third-order valence-corrected chi connectivity index (χ3v) is 5.62. The molecule has 0 bridgehead atoms. The van der Waals surface area contributed by atoms with Crippen molar-refractivity contribution in [3.8, 4) is 0 Å². The minimum absolute atomic E-state index is 0.0780. The molecule has 0 saturated heterocycles. The summed E-state index contributed by atoms with van der Waals surface area (Å²) in [7, 11) is -2.33. The van der Waals surface area contributed by atoms with E-state index in [1.807, 2.05) is 0 Å². The molecule has 0 spiro atoms. The number of carbonyl (C=O) groups excluding carboxylic acids is 1. The Kier molecular flexibility index (Phi) is 5.92. The Bertz CT molecular complexity index is 895. The minimum Gasteiger partial charge on any atom is -0.352 e. The highest BCUT2D eigenvalue weighted by Gasteiger charge is 2.19. The molecule has 0 aliphatic carbocycles. The van der Waals surface area contributed by atoms with Crippen LogP contribution >= 0.6 is 0 Å². The Labute approximate surface area is 147 Å². The van der Waals surface area contributed by atoms with Gasteiger partial charge in [-0.2, -0.15) is 0 Å². The number of halogens is 1. The van der Waals surface area contributed by atoms with E-state index in [1.54, 1.807) is 38.1 Å². The smallest absolute Gasteiger partial charge is 0.251 e. The Morgan fingerprint density at radius 3 is 2.48 bits per heavy atom. The largest absolute Gasteiger partial charge is 0.352 e. The van der Waals surface area contributed by atoms with Gasteiger partial charge in [-0.3, -0.25) is 4.79 Å². The molecular formula is C18H21FN2O3S. The predicted octanol–water partition coefficient (Wildman–Crippen LogP) is 2.32. The standard InChI is InChI=1S/C18H21FN2O3S/c1-12-10-15(11-17(13(12)2)25(23,24)20-3)18(22)21-9-8-14-6-4-5-7-16(14)19/h4-7,10-11,20H,8-9H2,1-3H3,(H,21,22). The molecule has 0 saturated carbocycles. The van der Waals surface area contributed by atoms with E-state index in [-0.39, 0.29) is 22.8 Å². The van der Waals surface area contributed by atoms with Crippen molar-refractivity contribution in [1.29, 1.82) is 0 Å². The molecule has 0 aliphatic heterocycles. The monoisotopic (exact) mass is 364 g/mol. The molecule has 2 aromatic carbocycles. The average molecular weight is 364 g/mol. The number of hydrogen-bond donors (Lipinski definition) is 2. The molecule has 0 heterocycles. The van der Waals surface area contributed by atoms with Crippen molar-refractivity contribution in [1.82, 2.24) is 10.0 Å². The second kappa shape index (κ2) is 7.76. The van der Waals surface area contributed by atoms with Crippen molar-refractivity contribution in [2.24, 2.45) is 0 Å². The molecule has 134 valence electrons. The summed E-state index contributed by atoms with van der Waals surface area (Å²) >= 11 is 0. The van der Waals surface area contributed by atoms with E-state index >= 15 is 0 Å². The first-order valence-corrected chi connectivity index (χ1v) is 9.31. The van der Waals surface area contributed by atoms with E-state index in [9.17, 15) is 17.6 Å². The van der Waals surface area contributed by atoms with Gasteiger partial charge in [0.25, 0.3) is 5.91 Å². The van der Waals surface area contributed by atoms with Gasteiger partial charge in [0.1, 0.15) is 5.82 Å². The summed E-state index contributed by atoms with van der Waals surface area (Å²) in [4.78, 5) is 12.4. The minimum atomic E-state index is -3.66. The van der Waals surface area contributed by atoms with E-state index in [1.165, 1.54) is 19.2 Å². The number of nitrogens with one attached hydrogen (secondary N) is 2. The highest BCUT2D eigenvalue weighted by Crippen LogP contribution is 2.21. The van der Waals surface area contributed by atoms with Crippen molar-refractivity contribution in [2.45, 2.75) is 25.2 Å². The highest BCUT2D eigenvalue weighted by atomic mass is 32.2. The molecule has 0 aliphatic rings. The van der Waals surface area contributed by atoms with Crippen LogP contribution in [0.3, 0.4) is 0 Å². The highest BCUT2D eigenvalue weighted by molar-refractivity contribution is 7.89. The van der Waals surface area contributed by atoms with Crippen LogP contribution in [0.25, 0.3) is 0 Å². The fourth-order valence-electron chi connectivity index (χ4n) is 2.46.